The minimum Gasteiger partial charge on any atom is -0.382 e. The Kier molecular flexibility index (Phi) is 5.28. The Morgan fingerprint density at radius 1 is 1.21 bits per heavy atom. The maximum absolute atomic E-state index is 6.06. The molecule has 1 aliphatic rings. The highest BCUT2D eigenvalue weighted by Crippen LogP contribution is 2.26. The van der Waals surface area contributed by atoms with E-state index in [-0.39, 0.29) is 0 Å². The van der Waals surface area contributed by atoms with Crippen LogP contribution in [0.15, 0.2) is 47.5 Å². The summed E-state index contributed by atoms with van der Waals surface area (Å²) in [7, 11) is 0. The first-order valence-electron chi connectivity index (χ1n) is 8.25. The Hall–Kier alpha value is -2.60. The number of aromatic nitrogens is 1. The molecule has 0 saturated heterocycles. The quantitative estimate of drug-likeness (QED) is 0.765. The molecule has 0 spiro atoms. The smallest absolute Gasteiger partial charge is 0.196 e. The molecule has 2 heterocycles. The fourth-order valence-corrected chi connectivity index (χ4v) is 2.60. The number of guanidine groups is 1. The van der Waals surface area contributed by atoms with Crippen molar-refractivity contribution in [3.63, 3.8) is 0 Å². The van der Waals surface area contributed by atoms with Crippen LogP contribution in [0.4, 0.5) is 17.2 Å². The largest absolute Gasteiger partial charge is 0.382 e. The molecule has 0 unspecified atom stereocenters. The Labute approximate surface area is 142 Å². The molecule has 0 atom stereocenters. The van der Waals surface area contributed by atoms with Crippen LogP contribution in [0.5, 0.6) is 0 Å². The van der Waals surface area contributed by atoms with Gasteiger partial charge in [0.15, 0.2) is 5.96 Å². The summed E-state index contributed by atoms with van der Waals surface area (Å²) in [5.41, 5.74) is 8.85. The van der Waals surface area contributed by atoms with Gasteiger partial charge in [0.1, 0.15) is 5.82 Å². The lowest BCUT2D eigenvalue weighted by atomic mass is 10.2. The number of nitrogens with zero attached hydrogens (tertiary/aromatic N) is 3. The molecule has 6 heteroatoms. The standard InChI is InChI=1S/C18H23N5O/c1-2-24-12-6-11-23-13-16-15(22-18(23)19)9-10-17(21-16)20-14-7-4-3-5-8-14/h3-5,7-10H,2,6,11-13H2,1H3,(H2,19,22)(H,20,21). The molecule has 1 aromatic carbocycles. The number of ether oxygens (including phenoxy) is 1. The van der Waals surface area contributed by atoms with Crippen molar-refractivity contribution < 1.29 is 4.74 Å². The zero-order valence-electron chi connectivity index (χ0n) is 13.9. The Morgan fingerprint density at radius 3 is 2.83 bits per heavy atom. The average molecular weight is 325 g/mol. The molecule has 2 aromatic rings. The second-order valence-corrected chi connectivity index (χ2v) is 5.60. The van der Waals surface area contributed by atoms with Gasteiger partial charge in [0.05, 0.1) is 17.9 Å². The number of nitrogens with one attached hydrogen (secondary N) is 1. The molecular formula is C18H23N5O. The van der Waals surface area contributed by atoms with Crippen LogP contribution in [0, 0.1) is 0 Å². The van der Waals surface area contributed by atoms with E-state index in [0.29, 0.717) is 12.5 Å². The van der Waals surface area contributed by atoms with Gasteiger partial charge in [-0.15, -0.1) is 0 Å². The molecular weight excluding hydrogens is 302 g/mol. The minimum absolute atomic E-state index is 0.546. The van der Waals surface area contributed by atoms with Crippen molar-refractivity contribution in [2.45, 2.75) is 19.9 Å². The minimum atomic E-state index is 0.546. The van der Waals surface area contributed by atoms with Crippen LogP contribution in [0.25, 0.3) is 0 Å². The lowest BCUT2D eigenvalue weighted by Gasteiger charge is -2.27. The number of anilines is 2. The van der Waals surface area contributed by atoms with Crippen LogP contribution in [-0.2, 0) is 11.3 Å². The molecule has 3 rings (SSSR count). The van der Waals surface area contributed by atoms with Gasteiger partial charge in [0, 0.05) is 25.4 Å². The summed E-state index contributed by atoms with van der Waals surface area (Å²) in [6.45, 7) is 4.95. The third-order valence-corrected chi connectivity index (χ3v) is 3.82. The Bertz CT molecular complexity index is 702. The maximum Gasteiger partial charge on any atom is 0.196 e. The molecule has 0 amide bonds. The zero-order chi connectivity index (χ0) is 16.8. The molecule has 3 N–H and O–H groups in total. The van der Waals surface area contributed by atoms with Gasteiger partial charge in [0.25, 0.3) is 0 Å². The normalized spacial score (nSPS) is 13.4. The second kappa shape index (κ2) is 7.79. The van der Waals surface area contributed by atoms with Crippen molar-refractivity contribution in [1.29, 1.82) is 0 Å². The number of pyridine rings is 1. The van der Waals surface area contributed by atoms with Crippen molar-refractivity contribution in [3.8, 4) is 0 Å². The molecule has 1 aromatic heterocycles. The van der Waals surface area contributed by atoms with Gasteiger partial charge >= 0.3 is 0 Å². The van der Waals surface area contributed by atoms with Crippen LogP contribution in [0.3, 0.4) is 0 Å². The average Bonchev–Trinajstić information content (AvgIpc) is 2.60. The highest BCUT2D eigenvalue weighted by Gasteiger charge is 2.18. The lowest BCUT2D eigenvalue weighted by molar-refractivity contribution is 0.138. The fourth-order valence-electron chi connectivity index (χ4n) is 2.60. The van der Waals surface area contributed by atoms with Gasteiger partial charge in [-0.2, -0.15) is 0 Å². The zero-order valence-corrected chi connectivity index (χ0v) is 13.9. The van der Waals surface area contributed by atoms with Gasteiger partial charge in [-0.1, -0.05) is 18.2 Å². The number of para-hydroxylation sites is 1. The predicted molar refractivity (Wildman–Crippen MR) is 96.8 cm³/mol. The molecule has 0 aliphatic carbocycles. The monoisotopic (exact) mass is 325 g/mol. The van der Waals surface area contributed by atoms with Crippen molar-refractivity contribution in [2.75, 3.05) is 25.1 Å². The van der Waals surface area contributed by atoms with Gasteiger partial charge < -0.3 is 20.7 Å². The SMILES string of the molecule is CCOCCCN1Cc2nc(Nc3ccccc3)ccc2N=C1N. The van der Waals surface area contributed by atoms with Gasteiger partial charge in [-0.05, 0) is 37.6 Å². The molecule has 0 radical (unpaired) electrons. The summed E-state index contributed by atoms with van der Waals surface area (Å²) in [6.07, 6.45) is 0.918. The summed E-state index contributed by atoms with van der Waals surface area (Å²) in [5.74, 6) is 1.36. The van der Waals surface area contributed by atoms with E-state index in [0.717, 1.165) is 49.1 Å². The summed E-state index contributed by atoms with van der Waals surface area (Å²) in [6, 6.07) is 13.9. The van der Waals surface area contributed by atoms with Crippen LogP contribution in [0.2, 0.25) is 0 Å². The van der Waals surface area contributed by atoms with E-state index in [2.05, 4.69) is 10.3 Å². The number of benzene rings is 1. The number of rotatable bonds is 7. The molecule has 6 nitrogen and oxygen atoms in total. The van der Waals surface area contributed by atoms with Crippen molar-refractivity contribution >= 4 is 23.2 Å². The predicted octanol–water partition coefficient (Wildman–Crippen LogP) is 3.01. The highest BCUT2D eigenvalue weighted by atomic mass is 16.5. The molecule has 0 saturated carbocycles. The van der Waals surface area contributed by atoms with E-state index in [1.54, 1.807) is 0 Å². The van der Waals surface area contributed by atoms with E-state index >= 15 is 0 Å². The van der Waals surface area contributed by atoms with Gasteiger partial charge in [-0.3, -0.25) is 0 Å². The van der Waals surface area contributed by atoms with Crippen molar-refractivity contribution in [1.82, 2.24) is 9.88 Å². The van der Waals surface area contributed by atoms with E-state index < -0.39 is 0 Å². The number of hydrogen-bond acceptors (Lipinski definition) is 6. The lowest BCUT2D eigenvalue weighted by Crippen LogP contribution is -2.39. The third kappa shape index (κ3) is 4.02. The highest BCUT2D eigenvalue weighted by molar-refractivity contribution is 5.83. The number of aliphatic imine (C=N–C) groups is 1. The van der Waals surface area contributed by atoms with Crippen molar-refractivity contribution in [3.05, 3.63) is 48.2 Å². The van der Waals surface area contributed by atoms with E-state index in [1.165, 1.54) is 0 Å². The molecule has 0 fully saturated rings. The van der Waals surface area contributed by atoms with Crippen LogP contribution in [0.1, 0.15) is 19.0 Å². The molecule has 24 heavy (non-hydrogen) atoms. The second-order valence-electron chi connectivity index (χ2n) is 5.60. The summed E-state index contributed by atoms with van der Waals surface area (Å²) < 4.78 is 5.38. The van der Waals surface area contributed by atoms with E-state index in [9.17, 15) is 0 Å². The van der Waals surface area contributed by atoms with E-state index in [4.69, 9.17) is 15.5 Å². The number of fused-ring (bicyclic) bond motifs is 1. The number of hydrogen-bond donors (Lipinski definition) is 2. The number of nitrogens with two attached hydrogens (primary N) is 1. The first kappa shape index (κ1) is 16.3. The Morgan fingerprint density at radius 2 is 2.04 bits per heavy atom. The third-order valence-electron chi connectivity index (χ3n) is 3.82. The van der Waals surface area contributed by atoms with Gasteiger partial charge in [0.2, 0.25) is 0 Å². The maximum atomic E-state index is 6.06. The summed E-state index contributed by atoms with van der Waals surface area (Å²) >= 11 is 0. The molecule has 0 bridgehead atoms. The Balaban J connectivity index is 1.69. The van der Waals surface area contributed by atoms with Crippen LogP contribution >= 0.6 is 0 Å². The molecule has 126 valence electrons. The first-order chi connectivity index (χ1) is 11.8. The molecule has 1 aliphatic heterocycles. The summed E-state index contributed by atoms with van der Waals surface area (Å²) in [4.78, 5) is 11.2. The summed E-state index contributed by atoms with van der Waals surface area (Å²) in [5, 5.41) is 3.31. The fraction of sp³-hybridized carbons (Fsp3) is 0.333. The first-order valence-corrected chi connectivity index (χ1v) is 8.25. The van der Waals surface area contributed by atoms with Gasteiger partial charge in [-0.25, -0.2) is 9.98 Å². The van der Waals surface area contributed by atoms with E-state index in [1.807, 2.05) is 54.3 Å². The van der Waals surface area contributed by atoms with Crippen molar-refractivity contribution in [2.24, 2.45) is 10.7 Å². The van der Waals surface area contributed by atoms with Crippen LogP contribution < -0.4 is 11.1 Å². The van der Waals surface area contributed by atoms with Crippen LogP contribution in [-0.4, -0.2) is 35.6 Å². The topological polar surface area (TPSA) is 75.8 Å².